The second-order valence-electron chi connectivity index (χ2n) is 8.35. The van der Waals surface area contributed by atoms with Crippen molar-refractivity contribution in [3.05, 3.63) is 88.7 Å². The van der Waals surface area contributed by atoms with Gasteiger partial charge in [0.2, 0.25) is 0 Å². The SMILES string of the molecule is Cc1ccc(-c2cc(C(=O)NCc3ccc(C)nc3)cc(C(=O)N3CC[C@H](O)C3)c2)cc1. The van der Waals surface area contributed by atoms with Gasteiger partial charge < -0.3 is 15.3 Å². The van der Waals surface area contributed by atoms with E-state index >= 15 is 0 Å². The number of aryl methyl sites for hydroxylation is 2. The van der Waals surface area contributed by atoms with Crippen LogP contribution in [0, 0.1) is 13.8 Å². The number of β-amino-alcohol motifs (C(OH)–C–C–N with tert-alkyl or cyclic N) is 1. The Morgan fingerprint density at radius 3 is 2.44 bits per heavy atom. The van der Waals surface area contributed by atoms with E-state index in [0.29, 0.717) is 37.2 Å². The van der Waals surface area contributed by atoms with Crippen LogP contribution in [0.15, 0.2) is 60.8 Å². The molecule has 164 valence electrons. The molecule has 2 aromatic carbocycles. The van der Waals surface area contributed by atoms with Crippen LogP contribution in [-0.2, 0) is 6.54 Å². The molecule has 6 heteroatoms. The summed E-state index contributed by atoms with van der Waals surface area (Å²) in [5.41, 5.74) is 5.56. The minimum Gasteiger partial charge on any atom is -0.391 e. The summed E-state index contributed by atoms with van der Waals surface area (Å²) in [6, 6.07) is 17.1. The number of aromatic nitrogens is 1. The fraction of sp³-hybridized carbons (Fsp3) is 0.269. The van der Waals surface area contributed by atoms with Crippen LogP contribution >= 0.6 is 0 Å². The summed E-state index contributed by atoms with van der Waals surface area (Å²) in [6.45, 7) is 5.10. The van der Waals surface area contributed by atoms with Gasteiger partial charge in [-0.15, -0.1) is 0 Å². The molecule has 4 rings (SSSR count). The van der Waals surface area contributed by atoms with E-state index in [9.17, 15) is 14.7 Å². The Bertz CT molecular complexity index is 1120. The summed E-state index contributed by atoms with van der Waals surface area (Å²) in [4.78, 5) is 32.0. The average molecular weight is 430 g/mol. The third-order valence-corrected chi connectivity index (χ3v) is 5.70. The van der Waals surface area contributed by atoms with Crippen LogP contribution in [0.4, 0.5) is 0 Å². The molecule has 1 aromatic heterocycles. The van der Waals surface area contributed by atoms with E-state index in [0.717, 1.165) is 27.9 Å². The van der Waals surface area contributed by atoms with Crippen molar-refractivity contribution in [2.45, 2.75) is 32.9 Å². The second kappa shape index (κ2) is 9.32. The molecule has 0 unspecified atom stereocenters. The number of hydrogen-bond donors (Lipinski definition) is 2. The monoisotopic (exact) mass is 429 g/mol. The van der Waals surface area contributed by atoms with Crippen LogP contribution in [0.1, 0.15) is 44.0 Å². The van der Waals surface area contributed by atoms with E-state index in [4.69, 9.17) is 0 Å². The summed E-state index contributed by atoms with van der Waals surface area (Å²) < 4.78 is 0. The second-order valence-corrected chi connectivity index (χ2v) is 8.35. The smallest absolute Gasteiger partial charge is 0.253 e. The van der Waals surface area contributed by atoms with Crippen molar-refractivity contribution in [2.24, 2.45) is 0 Å². The number of carbonyl (C=O) groups is 2. The summed E-state index contributed by atoms with van der Waals surface area (Å²) in [5.74, 6) is -0.428. The van der Waals surface area contributed by atoms with Gasteiger partial charge in [0.1, 0.15) is 0 Å². The molecule has 1 aliphatic rings. The lowest BCUT2D eigenvalue weighted by Crippen LogP contribution is -2.30. The van der Waals surface area contributed by atoms with Crippen LogP contribution in [0.25, 0.3) is 11.1 Å². The topological polar surface area (TPSA) is 82.5 Å². The van der Waals surface area contributed by atoms with Gasteiger partial charge in [-0.05, 0) is 61.2 Å². The van der Waals surface area contributed by atoms with Gasteiger partial charge in [0, 0.05) is 42.7 Å². The van der Waals surface area contributed by atoms with Crippen molar-refractivity contribution in [1.82, 2.24) is 15.2 Å². The molecule has 0 bridgehead atoms. The fourth-order valence-corrected chi connectivity index (χ4v) is 3.79. The van der Waals surface area contributed by atoms with Crippen molar-refractivity contribution >= 4 is 11.8 Å². The highest BCUT2D eigenvalue weighted by molar-refractivity contribution is 6.01. The third kappa shape index (κ3) is 5.03. The average Bonchev–Trinajstić information content (AvgIpc) is 3.24. The first-order chi connectivity index (χ1) is 15.4. The van der Waals surface area contributed by atoms with Crippen molar-refractivity contribution in [2.75, 3.05) is 13.1 Å². The van der Waals surface area contributed by atoms with Crippen molar-refractivity contribution in [1.29, 1.82) is 0 Å². The van der Waals surface area contributed by atoms with E-state index in [1.807, 2.05) is 62.4 Å². The lowest BCUT2D eigenvalue weighted by Gasteiger charge is -2.17. The van der Waals surface area contributed by atoms with E-state index < -0.39 is 6.10 Å². The van der Waals surface area contributed by atoms with E-state index in [1.165, 1.54) is 0 Å². The lowest BCUT2D eigenvalue weighted by atomic mass is 9.98. The van der Waals surface area contributed by atoms with Crippen molar-refractivity contribution in [3.8, 4) is 11.1 Å². The zero-order valence-corrected chi connectivity index (χ0v) is 18.3. The Morgan fingerprint density at radius 1 is 1.03 bits per heavy atom. The van der Waals surface area contributed by atoms with Crippen molar-refractivity contribution < 1.29 is 14.7 Å². The van der Waals surface area contributed by atoms with Crippen molar-refractivity contribution in [3.63, 3.8) is 0 Å². The summed E-state index contributed by atoms with van der Waals surface area (Å²) in [5, 5.41) is 12.8. The minimum atomic E-state index is -0.495. The maximum Gasteiger partial charge on any atom is 0.253 e. The molecule has 1 atom stereocenters. The normalized spacial score (nSPS) is 15.6. The molecule has 2 amide bonds. The number of pyridine rings is 1. The maximum absolute atomic E-state index is 13.1. The number of nitrogens with zero attached hydrogens (tertiary/aromatic N) is 2. The predicted molar refractivity (Wildman–Crippen MR) is 123 cm³/mol. The molecular weight excluding hydrogens is 402 g/mol. The first kappa shape index (κ1) is 21.7. The molecule has 0 radical (unpaired) electrons. The highest BCUT2D eigenvalue weighted by Crippen LogP contribution is 2.25. The standard InChI is InChI=1S/C26H27N3O3/c1-17-3-7-20(8-4-17)21-11-22(25(31)28-15-19-6-5-18(2)27-14-19)13-23(12-21)26(32)29-10-9-24(30)16-29/h3-8,11-14,24,30H,9-10,15-16H2,1-2H3,(H,28,31)/t24-/m0/s1. The van der Waals surface area contributed by atoms with Crippen LogP contribution in [0.2, 0.25) is 0 Å². The van der Waals surface area contributed by atoms with Crippen LogP contribution < -0.4 is 5.32 Å². The first-order valence-electron chi connectivity index (χ1n) is 10.8. The number of aliphatic hydroxyl groups excluding tert-OH is 1. The number of carbonyl (C=O) groups excluding carboxylic acids is 2. The first-order valence-corrected chi connectivity index (χ1v) is 10.8. The predicted octanol–water partition coefficient (Wildman–Crippen LogP) is 3.50. The van der Waals surface area contributed by atoms with Gasteiger partial charge in [-0.2, -0.15) is 0 Å². The quantitative estimate of drug-likeness (QED) is 0.650. The molecule has 1 aliphatic heterocycles. The number of likely N-dealkylation sites (tertiary alicyclic amines) is 1. The van der Waals surface area contributed by atoms with Gasteiger partial charge in [-0.25, -0.2) is 0 Å². The van der Waals surface area contributed by atoms with Gasteiger partial charge in [0.15, 0.2) is 0 Å². The Balaban J connectivity index is 1.63. The molecule has 2 N–H and O–H groups in total. The van der Waals surface area contributed by atoms with Gasteiger partial charge in [0.05, 0.1) is 6.10 Å². The molecule has 32 heavy (non-hydrogen) atoms. The molecule has 6 nitrogen and oxygen atoms in total. The highest BCUT2D eigenvalue weighted by Gasteiger charge is 2.26. The molecule has 1 fully saturated rings. The summed E-state index contributed by atoms with van der Waals surface area (Å²) >= 11 is 0. The highest BCUT2D eigenvalue weighted by atomic mass is 16.3. The number of rotatable bonds is 5. The van der Waals surface area contributed by atoms with Crippen LogP contribution in [-0.4, -0.2) is 46.0 Å². The minimum absolute atomic E-state index is 0.174. The molecular formula is C26H27N3O3. The van der Waals surface area contributed by atoms with Gasteiger partial charge in [-0.1, -0.05) is 35.9 Å². The number of benzene rings is 2. The van der Waals surface area contributed by atoms with E-state index in [1.54, 1.807) is 17.2 Å². The summed E-state index contributed by atoms with van der Waals surface area (Å²) in [7, 11) is 0. The molecule has 0 spiro atoms. The molecule has 1 saturated heterocycles. The summed E-state index contributed by atoms with van der Waals surface area (Å²) in [6.07, 6.45) is 1.82. The Morgan fingerprint density at radius 2 is 1.78 bits per heavy atom. The largest absolute Gasteiger partial charge is 0.391 e. The Kier molecular flexibility index (Phi) is 6.32. The number of aliphatic hydroxyl groups is 1. The van der Waals surface area contributed by atoms with Gasteiger partial charge in [0.25, 0.3) is 11.8 Å². The number of nitrogens with one attached hydrogen (secondary N) is 1. The Hall–Kier alpha value is -3.51. The van der Waals surface area contributed by atoms with Crippen LogP contribution in [0.5, 0.6) is 0 Å². The van der Waals surface area contributed by atoms with Gasteiger partial charge >= 0.3 is 0 Å². The third-order valence-electron chi connectivity index (χ3n) is 5.70. The van der Waals surface area contributed by atoms with E-state index in [2.05, 4.69) is 10.3 Å². The number of hydrogen-bond acceptors (Lipinski definition) is 4. The Labute approximate surface area is 187 Å². The maximum atomic E-state index is 13.1. The lowest BCUT2D eigenvalue weighted by molar-refractivity contribution is 0.0765. The molecule has 0 saturated carbocycles. The zero-order valence-electron chi connectivity index (χ0n) is 18.3. The zero-order chi connectivity index (χ0) is 22.7. The molecule has 2 heterocycles. The molecule has 3 aromatic rings. The van der Waals surface area contributed by atoms with Crippen LogP contribution in [0.3, 0.4) is 0 Å². The number of amides is 2. The fourth-order valence-electron chi connectivity index (χ4n) is 3.79. The van der Waals surface area contributed by atoms with Gasteiger partial charge in [-0.3, -0.25) is 14.6 Å². The van der Waals surface area contributed by atoms with E-state index in [-0.39, 0.29) is 11.8 Å². The molecule has 0 aliphatic carbocycles.